The van der Waals surface area contributed by atoms with Gasteiger partial charge in [-0.3, -0.25) is 9.48 Å². The summed E-state index contributed by atoms with van der Waals surface area (Å²) >= 11 is 0. The summed E-state index contributed by atoms with van der Waals surface area (Å²) in [5.41, 5.74) is 1.36. The maximum absolute atomic E-state index is 10.5. The molecule has 0 saturated heterocycles. The second-order valence-electron chi connectivity index (χ2n) is 2.99. The summed E-state index contributed by atoms with van der Waals surface area (Å²) < 4.78 is 6.88. The molecule has 2 aromatic heterocycles. The van der Waals surface area contributed by atoms with Crippen LogP contribution in [0.2, 0.25) is 0 Å². The van der Waals surface area contributed by atoms with E-state index in [1.54, 1.807) is 31.0 Å². The molecule has 2 rings (SSSR count). The molecule has 0 aliphatic heterocycles. The van der Waals surface area contributed by atoms with Gasteiger partial charge in [0.25, 0.3) is 0 Å². The highest BCUT2D eigenvalue weighted by Crippen LogP contribution is 2.19. The summed E-state index contributed by atoms with van der Waals surface area (Å²) in [4.78, 5) is 14.6. The molecule has 0 aliphatic rings. The highest BCUT2D eigenvalue weighted by Gasteiger charge is 2.11. The average molecular weight is 191 g/mol. The molecule has 2 aromatic rings. The number of carbonyl (C=O) groups excluding carboxylic acids is 1. The zero-order valence-electron chi connectivity index (χ0n) is 7.89. The number of oxazole rings is 1. The maximum atomic E-state index is 10.5. The lowest BCUT2D eigenvalue weighted by Gasteiger charge is -1.85. The Balaban J connectivity index is 2.47. The fourth-order valence-corrected chi connectivity index (χ4v) is 1.17. The Labute approximate surface area is 80.4 Å². The fraction of sp³-hybridized carbons (Fsp3) is 0.222. The quantitative estimate of drug-likeness (QED) is 0.669. The summed E-state index contributed by atoms with van der Waals surface area (Å²) in [6.45, 7) is 1.73. The van der Waals surface area contributed by atoms with Gasteiger partial charge in [0, 0.05) is 13.2 Å². The van der Waals surface area contributed by atoms with E-state index in [2.05, 4.69) is 10.1 Å². The average Bonchev–Trinajstić information content (AvgIpc) is 2.71. The molecule has 0 unspecified atom stereocenters. The highest BCUT2D eigenvalue weighted by atomic mass is 16.4. The highest BCUT2D eigenvalue weighted by molar-refractivity contribution is 5.73. The molecule has 0 aliphatic carbocycles. The Kier molecular flexibility index (Phi) is 1.92. The van der Waals surface area contributed by atoms with Gasteiger partial charge in [-0.2, -0.15) is 5.10 Å². The van der Waals surface area contributed by atoms with E-state index in [1.807, 2.05) is 0 Å². The molecule has 0 N–H and O–H groups in total. The van der Waals surface area contributed by atoms with Crippen molar-refractivity contribution in [3.63, 3.8) is 0 Å². The number of aromatic nitrogens is 3. The minimum atomic E-state index is 0.267. The van der Waals surface area contributed by atoms with Gasteiger partial charge in [0.1, 0.15) is 0 Å². The Morgan fingerprint density at radius 3 is 2.86 bits per heavy atom. The van der Waals surface area contributed by atoms with Crippen LogP contribution in [0, 0.1) is 6.92 Å². The molecule has 0 atom stereocenters. The van der Waals surface area contributed by atoms with E-state index in [-0.39, 0.29) is 5.76 Å². The Morgan fingerprint density at radius 2 is 2.36 bits per heavy atom. The molecule has 72 valence electrons. The number of aldehydes is 1. The van der Waals surface area contributed by atoms with Gasteiger partial charge in [0.2, 0.25) is 5.89 Å². The third-order valence-electron chi connectivity index (χ3n) is 1.89. The van der Waals surface area contributed by atoms with Gasteiger partial charge >= 0.3 is 0 Å². The summed E-state index contributed by atoms with van der Waals surface area (Å²) in [6.07, 6.45) is 4.07. The normalized spacial score (nSPS) is 10.4. The standard InChI is InChI=1S/C9H9N3O2/c1-6-8(5-13)14-9(11-6)7-3-10-12(2)4-7/h3-5H,1-2H3. The Morgan fingerprint density at radius 1 is 1.57 bits per heavy atom. The van der Waals surface area contributed by atoms with Gasteiger partial charge in [0.15, 0.2) is 12.0 Å². The predicted octanol–water partition coefficient (Wildman–Crippen LogP) is 1.20. The first-order chi connectivity index (χ1) is 6.70. The van der Waals surface area contributed by atoms with Crippen molar-refractivity contribution in [2.24, 2.45) is 7.05 Å². The number of hydrogen-bond acceptors (Lipinski definition) is 4. The maximum Gasteiger partial charge on any atom is 0.230 e. The SMILES string of the molecule is Cc1nc(-c2cnn(C)c2)oc1C=O. The van der Waals surface area contributed by atoms with Gasteiger partial charge in [-0.05, 0) is 6.92 Å². The third kappa shape index (κ3) is 1.32. The summed E-state index contributed by atoms with van der Waals surface area (Å²) in [5.74, 6) is 0.696. The number of carbonyl (C=O) groups is 1. The first-order valence-corrected chi connectivity index (χ1v) is 4.12. The van der Waals surface area contributed by atoms with Crippen LogP contribution >= 0.6 is 0 Å². The van der Waals surface area contributed by atoms with Gasteiger partial charge in [-0.15, -0.1) is 0 Å². The van der Waals surface area contributed by atoms with E-state index in [9.17, 15) is 4.79 Å². The first kappa shape index (κ1) is 8.68. The van der Waals surface area contributed by atoms with Crippen LogP contribution in [-0.2, 0) is 7.05 Å². The molecule has 0 radical (unpaired) electrons. The summed E-state index contributed by atoms with van der Waals surface area (Å²) in [6, 6.07) is 0. The van der Waals surface area contributed by atoms with Crippen molar-refractivity contribution >= 4 is 6.29 Å². The molecule has 14 heavy (non-hydrogen) atoms. The number of nitrogens with zero attached hydrogens (tertiary/aromatic N) is 3. The minimum absolute atomic E-state index is 0.267. The molecular formula is C9H9N3O2. The zero-order valence-corrected chi connectivity index (χ0v) is 7.89. The molecule has 0 aromatic carbocycles. The topological polar surface area (TPSA) is 60.9 Å². The van der Waals surface area contributed by atoms with Crippen LogP contribution in [-0.4, -0.2) is 21.1 Å². The molecule has 0 fully saturated rings. The predicted molar refractivity (Wildman–Crippen MR) is 48.8 cm³/mol. The number of hydrogen-bond donors (Lipinski definition) is 0. The van der Waals surface area contributed by atoms with E-state index < -0.39 is 0 Å². The molecule has 5 heteroatoms. The summed E-state index contributed by atoms with van der Waals surface area (Å²) in [5, 5.41) is 3.99. The van der Waals surface area contributed by atoms with Gasteiger partial charge in [-0.1, -0.05) is 0 Å². The minimum Gasteiger partial charge on any atom is -0.433 e. The largest absolute Gasteiger partial charge is 0.433 e. The first-order valence-electron chi connectivity index (χ1n) is 4.12. The van der Waals surface area contributed by atoms with Gasteiger partial charge in [-0.25, -0.2) is 4.98 Å². The van der Waals surface area contributed by atoms with Crippen LogP contribution in [0.4, 0.5) is 0 Å². The van der Waals surface area contributed by atoms with Crippen LogP contribution in [0.1, 0.15) is 16.2 Å². The van der Waals surface area contributed by atoms with E-state index in [0.29, 0.717) is 17.9 Å². The van der Waals surface area contributed by atoms with Crippen molar-refractivity contribution in [2.45, 2.75) is 6.92 Å². The van der Waals surface area contributed by atoms with Crippen molar-refractivity contribution in [3.8, 4) is 11.5 Å². The van der Waals surface area contributed by atoms with E-state index in [0.717, 1.165) is 5.56 Å². The molecule has 0 spiro atoms. The lowest BCUT2D eigenvalue weighted by atomic mass is 10.4. The monoisotopic (exact) mass is 191 g/mol. The molecule has 0 saturated carbocycles. The lowest BCUT2D eigenvalue weighted by Crippen LogP contribution is -1.84. The Bertz CT molecular complexity index is 470. The number of aryl methyl sites for hydroxylation is 2. The van der Waals surface area contributed by atoms with Gasteiger partial charge in [0.05, 0.1) is 17.5 Å². The molecule has 0 amide bonds. The lowest BCUT2D eigenvalue weighted by molar-refractivity contribution is 0.110. The fourth-order valence-electron chi connectivity index (χ4n) is 1.17. The van der Waals surface area contributed by atoms with Crippen molar-refractivity contribution in [3.05, 3.63) is 23.8 Å². The van der Waals surface area contributed by atoms with E-state index in [1.165, 1.54) is 0 Å². The van der Waals surface area contributed by atoms with Crippen molar-refractivity contribution in [2.75, 3.05) is 0 Å². The van der Waals surface area contributed by atoms with Crippen molar-refractivity contribution in [1.82, 2.24) is 14.8 Å². The summed E-state index contributed by atoms with van der Waals surface area (Å²) in [7, 11) is 1.81. The van der Waals surface area contributed by atoms with Crippen LogP contribution in [0.25, 0.3) is 11.5 Å². The van der Waals surface area contributed by atoms with Crippen LogP contribution in [0.5, 0.6) is 0 Å². The van der Waals surface area contributed by atoms with Crippen LogP contribution < -0.4 is 0 Å². The molecule has 2 heterocycles. The van der Waals surface area contributed by atoms with Crippen molar-refractivity contribution < 1.29 is 9.21 Å². The molecular weight excluding hydrogens is 182 g/mol. The molecule has 5 nitrogen and oxygen atoms in total. The zero-order chi connectivity index (χ0) is 10.1. The van der Waals surface area contributed by atoms with Crippen LogP contribution in [0.15, 0.2) is 16.8 Å². The molecule has 0 bridgehead atoms. The van der Waals surface area contributed by atoms with E-state index >= 15 is 0 Å². The smallest absolute Gasteiger partial charge is 0.230 e. The second-order valence-corrected chi connectivity index (χ2v) is 2.99. The van der Waals surface area contributed by atoms with Gasteiger partial charge < -0.3 is 4.42 Å². The Hall–Kier alpha value is -1.91. The van der Waals surface area contributed by atoms with Crippen LogP contribution in [0.3, 0.4) is 0 Å². The number of rotatable bonds is 2. The van der Waals surface area contributed by atoms with Crippen molar-refractivity contribution in [1.29, 1.82) is 0 Å². The third-order valence-corrected chi connectivity index (χ3v) is 1.89. The second kappa shape index (κ2) is 3.10. The van der Waals surface area contributed by atoms with E-state index in [4.69, 9.17) is 4.42 Å².